The second kappa shape index (κ2) is 6.84. The van der Waals surface area contributed by atoms with Crippen LogP contribution >= 0.6 is 34.8 Å². The number of carbonyl (C=O) groups is 2. The van der Waals surface area contributed by atoms with Gasteiger partial charge in [0.2, 0.25) is 9.70 Å². The molecule has 0 spiro atoms. The standard InChI is InChI=1S/C11H11Cl3N2O3/c12-11(13,14)6-19-10(18)16-8(9(15)17)7-4-2-1-3-5-7/h1-5,8H,6H2,(H2,15,17)(H,16,18). The molecule has 0 aliphatic carbocycles. The number of nitrogens with one attached hydrogen (secondary N) is 1. The third-order valence-corrected chi connectivity index (χ3v) is 2.37. The van der Waals surface area contributed by atoms with Crippen molar-refractivity contribution in [1.82, 2.24) is 5.32 Å². The SMILES string of the molecule is NC(=O)C(NC(=O)OCC(Cl)(Cl)Cl)c1ccccc1. The Kier molecular flexibility index (Phi) is 5.72. The van der Waals surface area contributed by atoms with E-state index in [4.69, 9.17) is 40.5 Å². The van der Waals surface area contributed by atoms with Gasteiger partial charge in [0.15, 0.2) is 0 Å². The first-order valence-electron chi connectivity index (χ1n) is 5.14. The van der Waals surface area contributed by atoms with Gasteiger partial charge < -0.3 is 15.8 Å². The Hall–Kier alpha value is -1.17. The second-order valence-corrected chi connectivity index (χ2v) is 6.10. The molecule has 0 aromatic heterocycles. The Morgan fingerprint density at radius 2 is 1.84 bits per heavy atom. The summed E-state index contributed by atoms with van der Waals surface area (Å²) in [5, 5.41) is 2.29. The highest BCUT2D eigenvalue weighted by Crippen LogP contribution is 2.26. The molecule has 1 aromatic carbocycles. The first kappa shape index (κ1) is 15.9. The van der Waals surface area contributed by atoms with Crippen molar-refractivity contribution in [3.8, 4) is 0 Å². The van der Waals surface area contributed by atoms with Crippen molar-refractivity contribution >= 4 is 46.8 Å². The lowest BCUT2D eigenvalue weighted by Gasteiger charge is -2.17. The molecule has 3 N–H and O–H groups in total. The second-order valence-electron chi connectivity index (χ2n) is 3.58. The van der Waals surface area contributed by atoms with Crippen LogP contribution in [0.1, 0.15) is 11.6 Å². The lowest BCUT2D eigenvalue weighted by Crippen LogP contribution is -2.38. The van der Waals surface area contributed by atoms with Gasteiger partial charge in [-0.2, -0.15) is 0 Å². The number of hydrogen-bond acceptors (Lipinski definition) is 3. The maximum atomic E-state index is 11.5. The first-order chi connectivity index (χ1) is 8.79. The summed E-state index contributed by atoms with van der Waals surface area (Å²) in [5.74, 6) is -0.725. The highest BCUT2D eigenvalue weighted by Gasteiger charge is 2.25. The molecule has 104 valence electrons. The largest absolute Gasteiger partial charge is 0.445 e. The molecule has 1 rings (SSSR count). The van der Waals surface area contributed by atoms with Crippen LogP contribution in [0.3, 0.4) is 0 Å². The monoisotopic (exact) mass is 324 g/mol. The zero-order valence-electron chi connectivity index (χ0n) is 9.61. The van der Waals surface area contributed by atoms with E-state index in [0.717, 1.165) is 0 Å². The van der Waals surface area contributed by atoms with E-state index in [1.54, 1.807) is 30.3 Å². The van der Waals surface area contributed by atoms with Crippen molar-refractivity contribution in [2.75, 3.05) is 6.61 Å². The van der Waals surface area contributed by atoms with E-state index >= 15 is 0 Å². The van der Waals surface area contributed by atoms with Gasteiger partial charge in [0, 0.05) is 0 Å². The Morgan fingerprint density at radius 3 is 2.32 bits per heavy atom. The average molecular weight is 326 g/mol. The molecule has 8 heteroatoms. The van der Waals surface area contributed by atoms with E-state index < -0.39 is 28.4 Å². The highest BCUT2D eigenvalue weighted by atomic mass is 35.6. The van der Waals surface area contributed by atoms with Crippen molar-refractivity contribution in [1.29, 1.82) is 0 Å². The van der Waals surface area contributed by atoms with Crippen LogP contribution < -0.4 is 11.1 Å². The van der Waals surface area contributed by atoms with E-state index in [2.05, 4.69) is 10.1 Å². The predicted octanol–water partition coefficient (Wildman–Crippen LogP) is 2.31. The lowest BCUT2D eigenvalue weighted by molar-refractivity contribution is -0.120. The van der Waals surface area contributed by atoms with Gasteiger partial charge in [0.1, 0.15) is 12.6 Å². The molecule has 0 fully saturated rings. The maximum Gasteiger partial charge on any atom is 0.408 e. The molecule has 0 aliphatic heterocycles. The van der Waals surface area contributed by atoms with Crippen molar-refractivity contribution in [2.24, 2.45) is 5.73 Å². The van der Waals surface area contributed by atoms with Crippen LogP contribution in [0, 0.1) is 0 Å². The van der Waals surface area contributed by atoms with Crippen LogP contribution in [-0.4, -0.2) is 22.4 Å². The van der Waals surface area contributed by atoms with Crippen molar-refractivity contribution < 1.29 is 14.3 Å². The summed E-state index contributed by atoms with van der Waals surface area (Å²) in [7, 11) is 0. The number of alkyl carbamates (subject to hydrolysis) is 1. The van der Waals surface area contributed by atoms with Gasteiger partial charge in [0.25, 0.3) is 0 Å². The van der Waals surface area contributed by atoms with Crippen molar-refractivity contribution in [2.45, 2.75) is 9.83 Å². The van der Waals surface area contributed by atoms with Crippen molar-refractivity contribution in [3.63, 3.8) is 0 Å². The van der Waals surface area contributed by atoms with E-state index in [-0.39, 0.29) is 0 Å². The Balaban J connectivity index is 2.65. The quantitative estimate of drug-likeness (QED) is 0.833. The Bertz CT molecular complexity index is 448. The number of rotatable bonds is 4. The van der Waals surface area contributed by atoms with Crippen LogP contribution in [0.5, 0.6) is 0 Å². The number of alkyl halides is 3. The number of benzene rings is 1. The van der Waals surface area contributed by atoms with Gasteiger partial charge in [-0.25, -0.2) is 4.79 Å². The fourth-order valence-electron chi connectivity index (χ4n) is 1.27. The van der Waals surface area contributed by atoms with Crippen molar-refractivity contribution in [3.05, 3.63) is 35.9 Å². The van der Waals surface area contributed by atoms with Crippen LogP contribution in [0.4, 0.5) is 4.79 Å². The third-order valence-electron chi connectivity index (χ3n) is 2.05. The minimum Gasteiger partial charge on any atom is -0.445 e. The summed E-state index contributed by atoms with van der Waals surface area (Å²) in [4.78, 5) is 22.8. The number of halogens is 3. The van der Waals surface area contributed by atoms with Crippen LogP contribution in [0.25, 0.3) is 0 Å². The number of amides is 2. The smallest absolute Gasteiger partial charge is 0.408 e. The topological polar surface area (TPSA) is 81.4 Å². The fourth-order valence-corrected chi connectivity index (χ4v) is 1.43. The Labute approximate surface area is 124 Å². The summed E-state index contributed by atoms with van der Waals surface area (Å²) in [6.07, 6.45) is -0.904. The minimum absolute atomic E-state index is 0.441. The van der Waals surface area contributed by atoms with Gasteiger partial charge >= 0.3 is 6.09 Å². The van der Waals surface area contributed by atoms with E-state index in [0.29, 0.717) is 5.56 Å². The Morgan fingerprint density at radius 1 is 1.26 bits per heavy atom. The molecule has 0 heterocycles. The fraction of sp³-hybridized carbons (Fsp3) is 0.273. The number of primary amides is 1. The zero-order chi connectivity index (χ0) is 14.5. The molecule has 0 saturated heterocycles. The summed E-state index contributed by atoms with van der Waals surface area (Å²) < 4.78 is 2.94. The van der Waals surface area contributed by atoms with Gasteiger partial charge in [-0.3, -0.25) is 4.79 Å². The molecule has 1 aromatic rings. The number of hydrogen-bond donors (Lipinski definition) is 2. The first-order valence-corrected chi connectivity index (χ1v) is 6.27. The van der Waals surface area contributed by atoms with Gasteiger partial charge in [-0.1, -0.05) is 65.1 Å². The zero-order valence-corrected chi connectivity index (χ0v) is 11.9. The highest BCUT2D eigenvalue weighted by molar-refractivity contribution is 6.67. The van der Waals surface area contributed by atoms with E-state index in [1.807, 2.05) is 0 Å². The number of ether oxygens (including phenoxy) is 1. The minimum atomic E-state index is -1.72. The van der Waals surface area contributed by atoms with Crippen LogP contribution in [0.15, 0.2) is 30.3 Å². The van der Waals surface area contributed by atoms with Gasteiger partial charge in [0.05, 0.1) is 0 Å². The van der Waals surface area contributed by atoms with Crippen LogP contribution in [-0.2, 0) is 9.53 Å². The van der Waals surface area contributed by atoms with E-state index in [9.17, 15) is 9.59 Å². The van der Waals surface area contributed by atoms with Gasteiger partial charge in [-0.15, -0.1) is 0 Å². The third kappa shape index (κ3) is 6.00. The number of nitrogens with two attached hydrogens (primary N) is 1. The predicted molar refractivity (Wildman–Crippen MR) is 73.2 cm³/mol. The molecule has 2 amide bonds. The summed E-state index contributed by atoms with van der Waals surface area (Å²) in [5.41, 5.74) is 5.74. The molecular weight excluding hydrogens is 314 g/mol. The molecule has 1 atom stereocenters. The molecule has 1 unspecified atom stereocenters. The van der Waals surface area contributed by atoms with Gasteiger partial charge in [-0.05, 0) is 5.56 Å². The average Bonchev–Trinajstić information content (AvgIpc) is 2.33. The van der Waals surface area contributed by atoms with E-state index in [1.165, 1.54) is 0 Å². The molecule has 0 aliphatic rings. The molecule has 19 heavy (non-hydrogen) atoms. The molecule has 5 nitrogen and oxygen atoms in total. The summed E-state index contributed by atoms with van der Waals surface area (Å²) in [6.45, 7) is -0.441. The summed E-state index contributed by atoms with van der Waals surface area (Å²) >= 11 is 16.3. The molecule has 0 radical (unpaired) electrons. The molecule has 0 saturated carbocycles. The molecular formula is C11H11Cl3N2O3. The lowest BCUT2D eigenvalue weighted by atomic mass is 10.1. The molecule has 0 bridgehead atoms. The number of carbonyl (C=O) groups excluding carboxylic acids is 2. The maximum absolute atomic E-state index is 11.5. The summed E-state index contributed by atoms with van der Waals surface area (Å²) in [6, 6.07) is 7.46. The van der Waals surface area contributed by atoms with Crippen LogP contribution in [0.2, 0.25) is 0 Å². The normalized spacial score (nSPS) is 12.6.